The lowest BCUT2D eigenvalue weighted by Crippen LogP contribution is -2.60. The first-order valence-electron chi connectivity index (χ1n) is 16.7. The SMILES string of the molecule is COC(=O)[C@@H](NC(=O)[C@H](CCC(=O)O)NC(=O)[C@H](CC(C)C)NC(=O)[C@@H]1CCCN1C(=O)C12CC3CC(CC(C3)C1)C2)C(C)C. The summed E-state index contributed by atoms with van der Waals surface area (Å²) >= 11 is 0. The normalized spacial score (nSPS) is 28.8. The van der Waals surface area contributed by atoms with Gasteiger partial charge in [-0.1, -0.05) is 27.7 Å². The zero-order valence-corrected chi connectivity index (χ0v) is 27.4. The second kappa shape index (κ2) is 14.5. The van der Waals surface area contributed by atoms with E-state index < -0.39 is 54.3 Å². The van der Waals surface area contributed by atoms with Crippen LogP contribution in [-0.4, -0.2) is 83.4 Å². The Balaban J connectivity index is 1.45. The van der Waals surface area contributed by atoms with Gasteiger partial charge in [0.25, 0.3) is 0 Å². The maximum Gasteiger partial charge on any atom is 0.328 e. The molecule has 0 spiro atoms. The highest BCUT2D eigenvalue weighted by atomic mass is 16.5. The number of hydrogen-bond donors (Lipinski definition) is 4. The average molecular weight is 633 g/mol. The van der Waals surface area contributed by atoms with Crippen LogP contribution in [0.5, 0.6) is 0 Å². The average Bonchev–Trinajstić information content (AvgIpc) is 3.45. The van der Waals surface area contributed by atoms with Gasteiger partial charge < -0.3 is 30.7 Å². The highest BCUT2D eigenvalue weighted by Gasteiger charge is 2.57. The van der Waals surface area contributed by atoms with Crippen molar-refractivity contribution in [2.24, 2.45) is 35.0 Å². The zero-order chi connectivity index (χ0) is 33.1. The fraction of sp³-hybridized carbons (Fsp3) is 0.818. The van der Waals surface area contributed by atoms with Crippen molar-refractivity contribution in [3.05, 3.63) is 0 Å². The molecule has 0 aromatic heterocycles. The van der Waals surface area contributed by atoms with Gasteiger partial charge in [0.2, 0.25) is 23.6 Å². The number of carboxylic acid groups (broad SMARTS) is 1. The Labute approximate surface area is 266 Å². The molecule has 4 aliphatic carbocycles. The monoisotopic (exact) mass is 632 g/mol. The third-order valence-electron chi connectivity index (χ3n) is 10.3. The Bertz CT molecular complexity index is 1120. The number of esters is 1. The predicted molar refractivity (Wildman–Crippen MR) is 164 cm³/mol. The van der Waals surface area contributed by atoms with Gasteiger partial charge in [-0.2, -0.15) is 0 Å². The molecule has 252 valence electrons. The van der Waals surface area contributed by atoms with E-state index in [4.69, 9.17) is 4.74 Å². The number of aliphatic carboxylic acids is 1. The van der Waals surface area contributed by atoms with Crippen LogP contribution in [0.4, 0.5) is 0 Å². The molecule has 1 aliphatic heterocycles. The van der Waals surface area contributed by atoms with Gasteiger partial charge >= 0.3 is 11.9 Å². The molecule has 4 N–H and O–H groups in total. The van der Waals surface area contributed by atoms with Gasteiger partial charge in [-0.15, -0.1) is 0 Å². The minimum atomic E-state index is -1.26. The smallest absolute Gasteiger partial charge is 0.328 e. The van der Waals surface area contributed by atoms with Crippen molar-refractivity contribution in [2.45, 2.75) is 122 Å². The number of likely N-dealkylation sites (tertiary alicyclic amines) is 1. The molecular weight excluding hydrogens is 580 g/mol. The summed E-state index contributed by atoms with van der Waals surface area (Å²) in [4.78, 5) is 80.0. The summed E-state index contributed by atoms with van der Waals surface area (Å²) in [5.41, 5.74) is -0.366. The molecule has 12 nitrogen and oxygen atoms in total. The topological polar surface area (TPSA) is 171 Å². The number of ether oxygens (including phenoxy) is 1. The molecular formula is C33H52N4O8. The minimum Gasteiger partial charge on any atom is -0.481 e. The van der Waals surface area contributed by atoms with E-state index in [-0.39, 0.29) is 41.9 Å². The van der Waals surface area contributed by atoms with E-state index in [1.54, 1.807) is 18.7 Å². The summed E-state index contributed by atoms with van der Waals surface area (Å²) < 4.78 is 4.79. The third kappa shape index (κ3) is 8.16. The van der Waals surface area contributed by atoms with Crippen LogP contribution in [0.2, 0.25) is 0 Å². The molecule has 0 aromatic carbocycles. The van der Waals surface area contributed by atoms with Gasteiger partial charge in [-0.05, 0) is 93.8 Å². The molecule has 1 saturated heterocycles. The molecule has 45 heavy (non-hydrogen) atoms. The second-order valence-corrected chi connectivity index (χ2v) is 14.8. The summed E-state index contributed by atoms with van der Waals surface area (Å²) in [6, 6.07) is -3.91. The fourth-order valence-corrected chi connectivity index (χ4v) is 8.62. The standard InChI is InChI=1S/C33H52N4O8/c1-18(2)11-24(29(41)34-23(8-9-26(38)39)28(40)36-27(19(3)4)31(43)45-5)35-30(42)25-7-6-10-37(25)32(44)33-15-20-12-21(16-33)14-22(13-20)17-33/h18-25,27H,6-17H2,1-5H3,(H,34,41)(H,35,42)(H,36,40)(H,38,39)/t20?,21?,22?,23-,24-,25-,27-,33?/m0/s1. The highest BCUT2D eigenvalue weighted by Crippen LogP contribution is 2.60. The number of nitrogens with one attached hydrogen (secondary N) is 3. The first-order chi connectivity index (χ1) is 21.2. The number of carbonyl (C=O) groups is 6. The van der Waals surface area contributed by atoms with E-state index in [1.807, 2.05) is 13.8 Å². The molecule has 0 aromatic rings. The van der Waals surface area contributed by atoms with Crippen LogP contribution < -0.4 is 16.0 Å². The molecule has 4 saturated carbocycles. The quantitative estimate of drug-likeness (QED) is 0.212. The molecule has 5 rings (SSSR count). The number of methoxy groups -OCH3 is 1. The summed E-state index contributed by atoms with van der Waals surface area (Å²) in [7, 11) is 1.20. The summed E-state index contributed by atoms with van der Waals surface area (Å²) in [6.45, 7) is 7.78. The van der Waals surface area contributed by atoms with Crippen molar-refractivity contribution in [1.82, 2.24) is 20.9 Å². The van der Waals surface area contributed by atoms with E-state index in [1.165, 1.54) is 26.4 Å². The summed E-state index contributed by atoms with van der Waals surface area (Å²) in [6.07, 6.45) is 7.29. The van der Waals surface area contributed by atoms with Crippen LogP contribution in [0.15, 0.2) is 0 Å². The lowest BCUT2D eigenvalue weighted by Gasteiger charge is -2.56. The van der Waals surface area contributed by atoms with Crippen molar-refractivity contribution < 1.29 is 38.6 Å². The lowest BCUT2D eigenvalue weighted by atomic mass is 9.49. The Morgan fingerprint density at radius 1 is 0.867 bits per heavy atom. The Kier molecular flexibility index (Phi) is 11.2. The molecule has 5 aliphatic rings. The molecule has 1 heterocycles. The van der Waals surface area contributed by atoms with Crippen molar-refractivity contribution in [2.75, 3.05) is 13.7 Å². The fourth-order valence-electron chi connectivity index (χ4n) is 8.62. The van der Waals surface area contributed by atoms with Gasteiger partial charge in [-0.3, -0.25) is 24.0 Å². The highest BCUT2D eigenvalue weighted by molar-refractivity contribution is 5.96. The van der Waals surface area contributed by atoms with Crippen LogP contribution in [0.1, 0.15) is 98.3 Å². The number of nitrogens with zero attached hydrogens (tertiary/aromatic N) is 1. The van der Waals surface area contributed by atoms with Crippen LogP contribution in [0.3, 0.4) is 0 Å². The van der Waals surface area contributed by atoms with Crippen molar-refractivity contribution in [3.8, 4) is 0 Å². The van der Waals surface area contributed by atoms with Crippen molar-refractivity contribution in [3.63, 3.8) is 0 Å². The number of carbonyl (C=O) groups excluding carboxylic acids is 5. The maximum atomic E-state index is 14.1. The maximum absolute atomic E-state index is 14.1. The molecule has 4 atom stereocenters. The van der Waals surface area contributed by atoms with Gasteiger partial charge in [-0.25, -0.2) is 4.79 Å². The van der Waals surface area contributed by atoms with E-state index in [0.29, 0.717) is 37.1 Å². The van der Waals surface area contributed by atoms with E-state index in [0.717, 1.165) is 19.3 Å². The largest absolute Gasteiger partial charge is 0.481 e. The van der Waals surface area contributed by atoms with Gasteiger partial charge in [0.05, 0.1) is 12.5 Å². The third-order valence-corrected chi connectivity index (χ3v) is 10.3. The van der Waals surface area contributed by atoms with E-state index in [9.17, 15) is 33.9 Å². The number of carboxylic acids is 1. The molecule has 5 fully saturated rings. The molecule has 4 bridgehead atoms. The molecule has 0 unspecified atom stereocenters. The Hall–Kier alpha value is -3.18. The molecule has 4 amide bonds. The Morgan fingerprint density at radius 3 is 1.96 bits per heavy atom. The van der Waals surface area contributed by atoms with Gasteiger partial charge in [0.1, 0.15) is 24.2 Å². The predicted octanol–water partition coefficient (Wildman–Crippen LogP) is 2.39. The van der Waals surface area contributed by atoms with E-state index in [2.05, 4.69) is 16.0 Å². The summed E-state index contributed by atoms with van der Waals surface area (Å²) in [5, 5.41) is 17.4. The van der Waals surface area contributed by atoms with Crippen LogP contribution in [0, 0.1) is 35.0 Å². The zero-order valence-electron chi connectivity index (χ0n) is 27.4. The number of amides is 4. The van der Waals surface area contributed by atoms with Crippen LogP contribution in [-0.2, 0) is 33.5 Å². The lowest BCUT2D eigenvalue weighted by molar-refractivity contribution is -0.160. The van der Waals surface area contributed by atoms with Gasteiger partial charge in [0, 0.05) is 13.0 Å². The van der Waals surface area contributed by atoms with Crippen LogP contribution in [0.25, 0.3) is 0 Å². The van der Waals surface area contributed by atoms with E-state index >= 15 is 0 Å². The first kappa shape index (κ1) is 34.7. The molecule has 0 radical (unpaired) electrons. The van der Waals surface area contributed by atoms with Crippen molar-refractivity contribution >= 4 is 35.6 Å². The molecule has 12 heteroatoms. The Morgan fingerprint density at radius 2 is 1.44 bits per heavy atom. The van der Waals surface area contributed by atoms with Crippen molar-refractivity contribution in [1.29, 1.82) is 0 Å². The first-order valence-corrected chi connectivity index (χ1v) is 16.7. The second-order valence-electron chi connectivity index (χ2n) is 14.8. The van der Waals surface area contributed by atoms with Gasteiger partial charge in [0.15, 0.2) is 0 Å². The van der Waals surface area contributed by atoms with Crippen LogP contribution >= 0.6 is 0 Å². The summed E-state index contributed by atoms with van der Waals surface area (Å²) in [5.74, 6) is -1.94. The number of hydrogen-bond acceptors (Lipinski definition) is 7. The number of rotatable bonds is 14. The minimum absolute atomic E-state index is 0.00494.